The number of rotatable bonds is 7. The number of pyridine rings is 2. The summed E-state index contributed by atoms with van der Waals surface area (Å²) >= 11 is 0. The number of imidazole rings is 1. The lowest BCUT2D eigenvalue weighted by molar-refractivity contribution is -0.146. The molecular weight excluding hydrogens is 593 g/mol. The van der Waals surface area contributed by atoms with Crippen molar-refractivity contribution < 1.29 is 18.0 Å². The fourth-order valence-electron chi connectivity index (χ4n) is 5.41. The third-order valence-electron chi connectivity index (χ3n) is 7.61. The van der Waals surface area contributed by atoms with Crippen LogP contribution in [0.25, 0.3) is 22.4 Å². The van der Waals surface area contributed by atoms with Crippen LogP contribution in [0.2, 0.25) is 0 Å². The lowest BCUT2D eigenvalue weighted by atomic mass is 10.2. The minimum Gasteiger partial charge on any atom is -0.329 e. The van der Waals surface area contributed by atoms with Gasteiger partial charge in [0.05, 0.1) is 17.9 Å². The maximum atomic E-state index is 13.5. The second-order valence-electron chi connectivity index (χ2n) is 10.6. The van der Waals surface area contributed by atoms with Crippen molar-refractivity contribution in [2.24, 2.45) is 7.05 Å². The molecule has 232 valence electrons. The first kappa shape index (κ1) is 29.7. The quantitative estimate of drug-likeness (QED) is 0.290. The van der Waals surface area contributed by atoms with Gasteiger partial charge in [0.25, 0.3) is 5.56 Å². The maximum Gasteiger partial charge on any atom is 0.408 e. The van der Waals surface area contributed by atoms with Crippen LogP contribution in [0.15, 0.2) is 64.6 Å². The first-order valence-electron chi connectivity index (χ1n) is 14.0. The smallest absolute Gasteiger partial charge is 0.329 e. The van der Waals surface area contributed by atoms with Crippen LogP contribution in [0.1, 0.15) is 24.4 Å². The number of aryl methyl sites for hydroxylation is 2. The summed E-state index contributed by atoms with van der Waals surface area (Å²) in [5.74, 6) is 0.0285. The summed E-state index contributed by atoms with van der Waals surface area (Å²) < 4.78 is 43.9. The van der Waals surface area contributed by atoms with Gasteiger partial charge in [-0.1, -0.05) is 12.1 Å². The second-order valence-corrected chi connectivity index (χ2v) is 10.6. The number of aromatic nitrogens is 8. The molecule has 0 saturated carbocycles. The van der Waals surface area contributed by atoms with Crippen molar-refractivity contribution in [3.63, 3.8) is 0 Å². The van der Waals surface area contributed by atoms with Crippen LogP contribution in [0.3, 0.4) is 0 Å². The molecule has 0 radical (unpaired) electrons. The SMILES string of the molecule is Cc1nc2c(c(=O)n(Cc3ccccn3)c(=O)n2C)n1CC(=O)Nc1cccc(-c2cnc(N3CCC[C@H]3C(F)(F)F)nc2)n1. The molecule has 5 aromatic rings. The van der Waals surface area contributed by atoms with Gasteiger partial charge in [0, 0.05) is 37.7 Å². The Hall–Kier alpha value is -5.41. The number of nitrogens with zero attached hydrogens (tertiary/aromatic N) is 9. The predicted octanol–water partition coefficient (Wildman–Crippen LogP) is 2.67. The van der Waals surface area contributed by atoms with Crippen LogP contribution in [0, 0.1) is 6.92 Å². The van der Waals surface area contributed by atoms with Gasteiger partial charge in [0.2, 0.25) is 11.9 Å². The van der Waals surface area contributed by atoms with Crippen molar-refractivity contribution in [2.45, 2.75) is 45.1 Å². The number of hydrogen-bond donors (Lipinski definition) is 1. The van der Waals surface area contributed by atoms with Gasteiger partial charge in [-0.2, -0.15) is 13.2 Å². The number of halogens is 3. The summed E-state index contributed by atoms with van der Waals surface area (Å²) in [4.78, 5) is 62.1. The number of carbonyl (C=O) groups excluding carboxylic acids is 1. The van der Waals surface area contributed by atoms with E-state index in [1.54, 1.807) is 49.5 Å². The monoisotopic (exact) mass is 620 g/mol. The Kier molecular flexibility index (Phi) is 7.64. The number of nitrogens with one attached hydrogen (secondary N) is 1. The molecule has 1 aliphatic rings. The summed E-state index contributed by atoms with van der Waals surface area (Å²) in [6.45, 7) is 1.49. The average molecular weight is 621 g/mol. The van der Waals surface area contributed by atoms with E-state index in [0.717, 1.165) is 9.47 Å². The van der Waals surface area contributed by atoms with Crippen LogP contribution in [0.4, 0.5) is 24.9 Å². The highest BCUT2D eigenvalue weighted by Crippen LogP contribution is 2.34. The van der Waals surface area contributed by atoms with E-state index in [0.29, 0.717) is 29.2 Å². The zero-order valence-electron chi connectivity index (χ0n) is 24.2. The van der Waals surface area contributed by atoms with Crippen molar-refractivity contribution >= 4 is 28.8 Å². The van der Waals surface area contributed by atoms with E-state index in [2.05, 4.69) is 30.2 Å². The number of alkyl halides is 3. The summed E-state index contributed by atoms with van der Waals surface area (Å²) in [5, 5.41) is 2.70. The second kappa shape index (κ2) is 11.6. The van der Waals surface area contributed by atoms with Gasteiger partial charge in [0.1, 0.15) is 24.2 Å². The number of fused-ring (bicyclic) bond motifs is 1. The minimum atomic E-state index is -4.37. The van der Waals surface area contributed by atoms with Crippen molar-refractivity contribution in [3.05, 3.63) is 87.3 Å². The van der Waals surface area contributed by atoms with Crippen molar-refractivity contribution in [3.8, 4) is 11.3 Å². The number of hydrogen-bond acceptors (Lipinski definition) is 9. The van der Waals surface area contributed by atoms with Gasteiger partial charge in [-0.3, -0.25) is 23.7 Å². The van der Waals surface area contributed by atoms with E-state index < -0.39 is 29.4 Å². The van der Waals surface area contributed by atoms with Crippen molar-refractivity contribution in [1.82, 2.24) is 38.6 Å². The molecule has 5 aromatic heterocycles. The molecule has 1 saturated heterocycles. The molecule has 0 spiro atoms. The molecule has 0 aromatic carbocycles. The Morgan fingerprint density at radius 2 is 1.80 bits per heavy atom. The van der Waals surface area contributed by atoms with Crippen LogP contribution < -0.4 is 21.5 Å². The summed E-state index contributed by atoms with van der Waals surface area (Å²) in [7, 11) is 1.50. The number of carbonyl (C=O) groups is 1. The molecule has 1 fully saturated rings. The summed E-state index contributed by atoms with van der Waals surface area (Å²) in [5.41, 5.74) is 0.423. The zero-order valence-corrected chi connectivity index (χ0v) is 24.2. The van der Waals surface area contributed by atoms with Crippen LogP contribution in [0.5, 0.6) is 0 Å². The van der Waals surface area contributed by atoms with Crippen molar-refractivity contribution in [2.75, 3.05) is 16.8 Å². The summed E-state index contributed by atoms with van der Waals surface area (Å²) in [6, 6.07) is 8.42. The van der Waals surface area contributed by atoms with E-state index in [1.165, 1.54) is 28.6 Å². The van der Waals surface area contributed by atoms with E-state index in [9.17, 15) is 27.6 Å². The fourth-order valence-corrected chi connectivity index (χ4v) is 5.41. The van der Waals surface area contributed by atoms with Gasteiger partial charge in [-0.05, 0) is 44.0 Å². The Morgan fingerprint density at radius 3 is 2.51 bits per heavy atom. The molecule has 1 aliphatic heterocycles. The van der Waals surface area contributed by atoms with Crippen LogP contribution >= 0.6 is 0 Å². The van der Waals surface area contributed by atoms with Crippen LogP contribution in [-0.2, 0) is 24.9 Å². The molecule has 1 atom stereocenters. The molecule has 1 amide bonds. The fraction of sp³-hybridized carbons (Fsp3) is 0.310. The van der Waals surface area contributed by atoms with E-state index in [1.807, 2.05) is 0 Å². The molecule has 1 N–H and O–H groups in total. The Balaban J connectivity index is 1.22. The molecule has 13 nitrogen and oxygen atoms in total. The lowest BCUT2D eigenvalue weighted by Gasteiger charge is -2.26. The predicted molar refractivity (Wildman–Crippen MR) is 158 cm³/mol. The Bertz CT molecular complexity index is 2000. The lowest BCUT2D eigenvalue weighted by Crippen LogP contribution is -2.42. The first-order valence-corrected chi connectivity index (χ1v) is 14.0. The standard InChI is InChI=1S/C29H27F3N10O3/c1-17-36-25-24(26(44)42(28(45)39(25)2)15-19-7-3-4-11-33-19)41(17)16-23(43)38-22-10-5-8-20(37-22)18-13-34-27(35-14-18)40-12-6-9-21(40)29(30,31)32/h3-5,7-8,10-11,13-14,21H,6,9,12,15-16H2,1-2H3,(H,37,38,43)/t21-/m0/s1. The molecule has 45 heavy (non-hydrogen) atoms. The Morgan fingerprint density at radius 1 is 1.02 bits per heavy atom. The normalized spacial score (nSPS) is 15.1. The molecule has 0 unspecified atom stereocenters. The Labute approximate surface area is 253 Å². The zero-order chi connectivity index (χ0) is 31.9. The van der Waals surface area contributed by atoms with E-state index in [4.69, 9.17) is 0 Å². The van der Waals surface area contributed by atoms with Crippen molar-refractivity contribution in [1.29, 1.82) is 0 Å². The van der Waals surface area contributed by atoms with Gasteiger partial charge in [0.15, 0.2) is 11.2 Å². The van der Waals surface area contributed by atoms with Gasteiger partial charge < -0.3 is 14.8 Å². The van der Waals surface area contributed by atoms with Gasteiger partial charge in [-0.25, -0.2) is 24.7 Å². The highest BCUT2D eigenvalue weighted by atomic mass is 19.4. The number of anilines is 2. The molecule has 0 bridgehead atoms. The minimum absolute atomic E-state index is 0.00821. The number of amides is 1. The third kappa shape index (κ3) is 5.77. The van der Waals surface area contributed by atoms with Gasteiger partial charge >= 0.3 is 11.9 Å². The first-order chi connectivity index (χ1) is 21.5. The molecule has 0 aliphatic carbocycles. The highest BCUT2D eigenvalue weighted by molar-refractivity contribution is 5.91. The summed E-state index contributed by atoms with van der Waals surface area (Å²) in [6.07, 6.45) is 0.361. The van der Waals surface area contributed by atoms with E-state index in [-0.39, 0.29) is 49.0 Å². The molecule has 6 rings (SSSR count). The van der Waals surface area contributed by atoms with Crippen LogP contribution in [-0.4, -0.2) is 63.3 Å². The average Bonchev–Trinajstić information content (AvgIpc) is 3.65. The molecular formula is C29H27F3N10O3. The van der Waals surface area contributed by atoms with E-state index >= 15 is 0 Å². The largest absolute Gasteiger partial charge is 0.408 e. The third-order valence-corrected chi connectivity index (χ3v) is 7.61. The van der Waals surface area contributed by atoms with Gasteiger partial charge in [-0.15, -0.1) is 0 Å². The highest BCUT2D eigenvalue weighted by Gasteiger charge is 2.46. The molecule has 16 heteroatoms. The topological polar surface area (TPSA) is 146 Å². The molecule has 6 heterocycles. The maximum absolute atomic E-state index is 13.5.